The van der Waals surface area contributed by atoms with Gasteiger partial charge in [-0.3, -0.25) is 9.59 Å². The predicted molar refractivity (Wildman–Crippen MR) is 136 cm³/mol. The Balaban J connectivity index is 3.07. The molecule has 0 rings (SSSR count). The highest BCUT2D eigenvalue weighted by atomic mass is 16.6. The number of carbonyl (C=O) groups is 2. The average Bonchev–Trinajstić information content (AvgIpc) is 2.89. The molecule has 0 spiro atoms. The van der Waals surface area contributed by atoms with Gasteiger partial charge in [0, 0.05) is 26.2 Å². The van der Waals surface area contributed by atoms with Crippen LogP contribution in [0.15, 0.2) is 0 Å². The highest BCUT2D eigenvalue weighted by Crippen LogP contribution is 1.90. The molecule has 0 bridgehead atoms. The quantitative estimate of drug-likeness (QED) is 0.123. The molecule has 0 radical (unpaired) electrons. The van der Waals surface area contributed by atoms with Crippen LogP contribution < -0.4 is 5.32 Å². The van der Waals surface area contributed by atoms with Crippen LogP contribution in [0.2, 0.25) is 0 Å². The minimum absolute atomic E-state index is 0.00378. The molecular weight excluding hydrogens is 490 g/mol. The summed E-state index contributed by atoms with van der Waals surface area (Å²) in [6, 6.07) is 0. The molecule has 0 saturated heterocycles. The molecular formula is C25H49NO11. The number of carbonyl (C=O) groups excluding carboxylic acids is 1. The molecule has 0 saturated carbocycles. The number of hydrogen-bond donors (Lipinski definition) is 2. The van der Waals surface area contributed by atoms with Crippen LogP contribution >= 0.6 is 0 Å². The van der Waals surface area contributed by atoms with Crippen molar-refractivity contribution in [3.05, 3.63) is 0 Å². The lowest BCUT2D eigenvalue weighted by atomic mass is 10.3. The first-order chi connectivity index (χ1) is 18.2. The SMILES string of the molecule is CCCCOCCOCCOCCOCCOCCOCCOCCOCCCNC(=O)CCC(=O)O. The smallest absolute Gasteiger partial charge is 0.303 e. The van der Waals surface area contributed by atoms with Gasteiger partial charge in [-0.15, -0.1) is 0 Å². The van der Waals surface area contributed by atoms with Crippen molar-refractivity contribution in [1.29, 1.82) is 0 Å². The molecule has 220 valence electrons. The molecule has 37 heavy (non-hydrogen) atoms. The van der Waals surface area contributed by atoms with Gasteiger partial charge in [0.25, 0.3) is 0 Å². The summed E-state index contributed by atoms with van der Waals surface area (Å²) < 4.78 is 43.4. The first-order valence-electron chi connectivity index (χ1n) is 13.3. The Hall–Kier alpha value is -1.38. The van der Waals surface area contributed by atoms with Crippen molar-refractivity contribution >= 4 is 11.9 Å². The number of rotatable bonds is 31. The fourth-order valence-corrected chi connectivity index (χ4v) is 2.60. The molecule has 0 aliphatic rings. The van der Waals surface area contributed by atoms with Crippen molar-refractivity contribution in [3.63, 3.8) is 0 Å². The maximum absolute atomic E-state index is 11.3. The van der Waals surface area contributed by atoms with E-state index in [1.807, 2.05) is 0 Å². The number of carboxylic acids is 1. The second-order valence-electron chi connectivity index (χ2n) is 7.85. The summed E-state index contributed by atoms with van der Waals surface area (Å²) in [7, 11) is 0. The number of carboxylic acid groups (broad SMARTS) is 1. The van der Waals surface area contributed by atoms with Gasteiger partial charge in [-0.25, -0.2) is 0 Å². The Morgan fingerprint density at radius 2 is 0.838 bits per heavy atom. The lowest BCUT2D eigenvalue weighted by Crippen LogP contribution is -2.25. The van der Waals surface area contributed by atoms with E-state index in [9.17, 15) is 9.59 Å². The Bertz CT molecular complexity index is 497. The van der Waals surface area contributed by atoms with Crippen molar-refractivity contribution in [2.75, 3.05) is 112 Å². The van der Waals surface area contributed by atoms with Crippen LogP contribution in [0.5, 0.6) is 0 Å². The standard InChI is InChI=1S/C25H49NO11/c1-2-3-8-30-10-12-32-14-16-34-18-20-36-22-23-37-21-19-35-17-15-33-13-11-31-9-4-7-26-24(27)5-6-25(28)29/h2-23H2,1H3,(H,26,27)(H,28,29). The van der Waals surface area contributed by atoms with Crippen LogP contribution in [0.3, 0.4) is 0 Å². The average molecular weight is 540 g/mol. The van der Waals surface area contributed by atoms with Crippen molar-refractivity contribution in [1.82, 2.24) is 5.32 Å². The molecule has 0 aromatic carbocycles. The Kier molecular flexibility index (Phi) is 29.7. The Labute approximate surface area is 221 Å². The minimum atomic E-state index is -0.978. The lowest BCUT2D eigenvalue weighted by Gasteiger charge is -2.09. The molecule has 2 N–H and O–H groups in total. The van der Waals surface area contributed by atoms with Crippen LogP contribution in [0, 0.1) is 0 Å². The highest BCUT2D eigenvalue weighted by Gasteiger charge is 2.04. The molecule has 0 fully saturated rings. The van der Waals surface area contributed by atoms with Gasteiger partial charge in [-0.05, 0) is 12.8 Å². The normalized spacial score (nSPS) is 11.2. The first kappa shape index (κ1) is 35.6. The summed E-state index contributed by atoms with van der Waals surface area (Å²) in [6.45, 7) is 11.1. The summed E-state index contributed by atoms with van der Waals surface area (Å²) in [6.07, 6.45) is 2.73. The molecule has 0 aromatic heterocycles. The van der Waals surface area contributed by atoms with Crippen molar-refractivity contribution in [3.8, 4) is 0 Å². The largest absolute Gasteiger partial charge is 0.481 e. The number of ether oxygens (including phenoxy) is 8. The van der Waals surface area contributed by atoms with E-state index in [0.29, 0.717) is 112 Å². The zero-order chi connectivity index (χ0) is 27.1. The molecule has 12 heteroatoms. The third-order valence-corrected chi connectivity index (χ3v) is 4.60. The second-order valence-corrected chi connectivity index (χ2v) is 7.85. The van der Waals surface area contributed by atoms with Gasteiger partial charge >= 0.3 is 5.97 Å². The van der Waals surface area contributed by atoms with Gasteiger partial charge in [0.05, 0.1) is 98.9 Å². The van der Waals surface area contributed by atoms with Gasteiger partial charge in [0.1, 0.15) is 0 Å². The Morgan fingerprint density at radius 1 is 0.514 bits per heavy atom. The van der Waals surface area contributed by atoms with E-state index in [0.717, 1.165) is 19.4 Å². The van der Waals surface area contributed by atoms with Gasteiger partial charge in [0.2, 0.25) is 5.91 Å². The number of amides is 1. The van der Waals surface area contributed by atoms with Gasteiger partial charge in [0.15, 0.2) is 0 Å². The van der Waals surface area contributed by atoms with E-state index in [1.165, 1.54) is 0 Å². The third-order valence-electron chi connectivity index (χ3n) is 4.60. The molecule has 0 aliphatic heterocycles. The van der Waals surface area contributed by atoms with Crippen molar-refractivity contribution < 1.29 is 52.6 Å². The van der Waals surface area contributed by atoms with Crippen LogP contribution in [-0.4, -0.2) is 129 Å². The van der Waals surface area contributed by atoms with Gasteiger partial charge in [-0.1, -0.05) is 13.3 Å². The third kappa shape index (κ3) is 32.6. The zero-order valence-corrected chi connectivity index (χ0v) is 22.6. The number of hydrogen-bond acceptors (Lipinski definition) is 10. The van der Waals surface area contributed by atoms with E-state index in [1.54, 1.807) is 0 Å². The van der Waals surface area contributed by atoms with Gasteiger partial charge < -0.3 is 48.3 Å². The maximum atomic E-state index is 11.3. The molecule has 0 unspecified atom stereocenters. The van der Waals surface area contributed by atoms with E-state index >= 15 is 0 Å². The fraction of sp³-hybridized carbons (Fsp3) is 0.920. The maximum Gasteiger partial charge on any atom is 0.303 e. The van der Waals surface area contributed by atoms with Crippen molar-refractivity contribution in [2.45, 2.75) is 39.0 Å². The van der Waals surface area contributed by atoms with Crippen LogP contribution in [0.25, 0.3) is 0 Å². The van der Waals surface area contributed by atoms with E-state index in [-0.39, 0.29) is 18.7 Å². The summed E-state index contributed by atoms with van der Waals surface area (Å²) in [5, 5.41) is 11.2. The van der Waals surface area contributed by atoms with Crippen LogP contribution in [0.1, 0.15) is 39.0 Å². The topological polar surface area (TPSA) is 140 Å². The predicted octanol–water partition coefficient (Wildman–Crippen LogP) is 1.29. The number of nitrogens with one attached hydrogen (secondary N) is 1. The van der Waals surface area contributed by atoms with Gasteiger partial charge in [-0.2, -0.15) is 0 Å². The zero-order valence-electron chi connectivity index (χ0n) is 22.6. The fourth-order valence-electron chi connectivity index (χ4n) is 2.60. The molecule has 12 nitrogen and oxygen atoms in total. The Morgan fingerprint density at radius 3 is 1.16 bits per heavy atom. The number of aliphatic carboxylic acids is 1. The minimum Gasteiger partial charge on any atom is -0.481 e. The molecule has 0 aliphatic carbocycles. The summed E-state index contributed by atoms with van der Waals surface area (Å²) in [4.78, 5) is 21.7. The van der Waals surface area contributed by atoms with E-state index in [2.05, 4.69) is 12.2 Å². The monoisotopic (exact) mass is 539 g/mol. The molecule has 0 atom stereocenters. The van der Waals surface area contributed by atoms with Crippen molar-refractivity contribution in [2.24, 2.45) is 0 Å². The van der Waals surface area contributed by atoms with Crippen LogP contribution in [-0.2, 0) is 47.5 Å². The number of unbranched alkanes of at least 4 members (excludes halogenated alkanes) is 1. The first-order valence-corrected chi connectivity index (χ1v) is 13.3. The molecule has 0 aromatic rings. The summed E-state index contributed by atoms with van der Waals surface area (Å²) in [5.74, 6) is -1.24. The molecule has 1 amide bonds. The lowest BCUT2D eigenvalue weighted by molar-refractivity contribution is -0.138. The second kappa shape index (κ2) is 30.8. The highest BCUT2D eigenvalue weighted by molar-refractivity contribution is 5.80. The van der Waals surface area contributed by atoms with E-state index in [4.69, 9.17) is 43.0 Å². The van der Waals surface area contributed by atoms with E-state index < -0.39 is 5.97 Å². The summed E-state index contributed by atoms with van der Waals surface area (Å²) in [5.41, 5.74) is 0. The molecule has 0 heterocycles. The van der Waals surface area contributed by atoms with Crippen LogP contribution in [0.4, 0.5) is 0 Å². The summed E-state index contributed by atoms with van der Waals surface area (Å²) >= 11 is 0.